The number of nitrogens with one attached hydrogen (secondary N) is 3. The predicted molar refractivity (Wildman–Crippen MR) is 132 cm³/mol. The zero-order valence-corrected chi connectivity index (χ0v) is 18.8. The Kier molecular flexibility index (Phi) is 5.68. The van der Waals surface area contributed by atoms with Gasteiger partial charge < -0.3 is 4.98 Å². The van der Waals surface area contributed by atoms with E-state index in [1.54, 1.807) is 29.9 Å². The number of para-hydroxylation sites is 2. The third-order valence-corrected chi connectivity index (χ3v) is 5.64. The Morgan fingerprint density at radius 2 is 1.49 bits per heavy atom. The number of aryl methyl sites for hydroxylation is 1. The largest absolute Gasteiger partial charge is 0.358 e. The summed E-state index contributed by atoms with van der Waals surface area (Å²) in [7, 11) is 0. The quantitative estimate of drug-likeness (QED) is 0.208. The minimum absolute atomic E-state index is 0.246. The van der Waals surface area contributed by atoms with Gasteiger partial charge in [-0.1, -0.05) is 66.7 Å². The van der Waals surface area contributed by atoms with E-state index in [0.717, 1.165) is 16.8 Å². The van der Waals surface area contributed by atoms with Crippen molar-refractivity contribution in [2.75, 3.05) is 0 Å². The average molecular weight is 463 g/mol. The Hall–Kier alpha value is -4.98. The normalized spacial score (nSPS) is 10.8. The zero-order chi connectivity index (χ0) is 24.4. The summed E-state index contributed by atoms with van der Waals surface area (Å²) in [6.07, 6.45) is 1.59. The molecular formula is C27H21N5O3. The topological polar surface area (TPSA) is 109 Å². The van der Waals surface area contributed by atoms with E-state index in [-0.39, 0.29) is 11.1 Å². The molecule has 3 aromatic carbocycles. The molecule has 3 N–H and O–H groups in total. The fourth-order valence-electron chi connectivity index (χ4n) is 3.98. The van der Waals surface area contributed by atoms with Crippen LogP contribution in [0.25, 0.3) is 27.8 Å². The number of amides is 2. The molecule has 0 aliphatic heterocycles. The molecule has 0 radical (unpaired) electrons. The molecule has 8 heteroatoms. The molecule has 0 spiro atoms. The number of rotatable bonds is 5. The van der Waals surface area contributed by atoms with E-state index in [2.05, 4.69) is 20.9 Å². The van der Waals surface area contributed by atoms with Gasteiger partial charge in [0.1, 0.15) is 5.69 Å². The highest BCUT2D eigenvalue weighted by atomic mass is 16.2. The maximum absolute atomic E-state index is 13.1. The molecule has 8 nitrogen and oxygen atoms in total. The predicted octanol–water partition coefficient (Wildman–Crippen LogP) is 3.97. The summed E-state index contributed by atoms with van der Waals surface area (Å²) < 4.78 is 1.60. The second-order valence-corrected chi connectivity index (χ2v) is 7.95. The number of nitrogens with zero attached hydrogens (tertiary/aromatic N) is 2. The third-order valence-electron chi connectivity index (χ3n) is 5.64. The summed E-state index contributed by atoms with van der Waals surface area (Å²) in [5, 5.41) is 5.24. The molecule has 0 saturated heterocycles. The number of hydrazine groups is 1. The Labute approximate surface area is 200 Å². The van der Waals surface area contributed by atoms with E-state index in [0.29, 0.717) is 16.8 Å². The van der Waals surface area contributed by atoms with Gasteiger partial charge in [-0.15, -0.1) is 0 Å². The first kappa shape index (κ1) is 21.8. The van der Waals surface area contributed by atoms with Crippen LogP contribution in [-0.4, -0.2) is 32.4 Å². The van der Waals surface area contributed by atoms with Crippen molar-refractivity contribution in [3.8, 4) is 16.9 Å². The SMILES string of the molecule is Cc1[nH]c2ccccc2c1C(=O)C(=O)NNC(=O)c1cn(-c2ccccc2)nc1-c1ccccc1. The van der Waals surface area contributed by atoms with E-state index in [1.165, 1.54) is 0 Å². The first-order valence-corrected chi connectivity index (χ1v) is 11.0. The molecule has 0 atom stereocenters. The van der Waals surface area contributed by atoms with Crippen LogP contribution in [0.3, 0.4) is 0 Å². The Balaban J connectivity index is 1.39. The molecule has 172 valence electrons. The van der Waals surface area contributed by atoms with Crippen LogP contribution in [0.4, 0.5) is 0 Å². The van der Waals surface area contributed by atoms with Gasteiger partial charge >= 0.3 is 5.91 Å². The van der Waals surface area contributed by atoms with Gasteiger partial charge in [-0.05, 0) is 25.1 Å². The van der Waals surface area contributed by atoms with Crippen molar-refractivity contribution in [1.82, 2.24) is 25.6 Å². The molecule has 0 aliphatic carbocycles. The van der Waals surface area contributed by atoms with Gasteiger partial charge in [-0.2, -0.15) is 5.10 Å². The van der Waals surface area contributed by atoms with Gasteiger partial charge in [0, 0.05) is 28.4 Å². The average Bonchev–Trinajstić information content (AvgIpc) is 3.49. The lowest BCUT2D eigenvalue weighted by atomic mass is 10.1. The van der Waals surface area contributed by atoms with Crippen molar-refractivity contribution < 1.29 is 14.4 Å². The lowest BCUT2D eigenvalue weighted by Gasteiger charge is -2.07. The van der Waals surface area contributed by atoms with Crippen LogP contribution in [0.5, 0.6) is 0 Å². The van der Waals surface area contributed by atoms with Gasteiger partial charge in [0.05, 0.1) is 16.8 Å². The lowest BCUT2D eigenvalue weighted by Crippen LogP contribution is -2.45. The molecule has 5 aromatic rings. The van der Waals surface area contributed by atoms with Crippen LogP contribution >= 0.6 is 0 Å². The van der Waals surface area contributed by atoms with Crippen LogP contribution in [0.15, 0.2) is 91.1 Å². The number of carbonyl (C=O) groups excluding carboxylic acids is 3. The molecule has 2 amide bonds. The number of H-pyrrole nitrogens is 1. The minimum Gasteiger partial charge on any atom is -0.358 e. The van der Waals surface area contributed by atoms with Gasteiger partial charge in [0.15, 0.2) is 0 Å². The summed E-state index contributed by atoms with van der Waals surface area (Å²) in [6, 6.07) is 25.9. The fraction of sp³-hybridized carbons (Fsp3) is 0.0370. The smallest absolute Gasteiger partial charge is 0.310 e. The maximum atomic E-state index is 13.1. The first-order chi connectivity index (χ1) is 17.0. The van der Waals surface area contributed by atoms with Crippen molar-refractivity contribution in [3.05, 3.63) is 108 Å². The maximum Gasteiger partial charge on any atom is 0.310 e. The Morgan fingerprint density at radius 1 is 0.829 bits per heavy atom. The molecule has 0 fully saturated rings. The van der Waals surface area contributed by atoms with E-state index in [9.17, 15) is 14.4 Å². The molecule has 0 saturated carbocycles. The van der Waals surface area contributed by atoms with Gasteiger partial charge in [-0.3, -0.25) is 25.2 Å². The number of hydrogen-bond donors (Lipinski definition) is 3. The summed E-state index contributed by atoms with van der Waals surface area (Å²) in [4.78, 5) is 41.7. The molecule has 5 rings (SSSR count). The minimum atomic E-state index is -0.942. The number of hydrogen-bond acceptors (Lipinski definition) is 4. The summed E-state index contributed by atoms with van der Waals surface area (Å²) in [5.74, 6) is -2.28. The number of fused-ring (bicyclic) bond motifs is 1. The summed E-state index contributed by atoms with van der Waals surface area (Å²) in [5.41, 5.74) is 8.42. The highest BCUT2D eigenvalue weighted by Crippen LogP contribution is 2.24. The standard InChI is InChI=1S/C27H21N5O3/c1-17-23(20-14-8-9-15-22(20)28-17)25(33)27(35)30-29-26(34)21-16-32(19-12-6-3-7-13-19)31-24(21)18-10-4-2-5-11-18/h2-16,28H,1H3,(H,29,34)(H,30,35). The van der Waals surface area contributed by atoms with Crippen molar-refractivity contribution in [2.45, 2.75) is 6.92 Å². The van der Waals surface area contributed by atoms with Crippen LogP contribution in [0.2, 0.25) is 0 Å². The van der Waals surface area contributed by atoms with Crippen LogP contribution < -0.4 is 10.9 Å². The molecule has 0 bridgehead atoms. The Morgan fingerprint density at radius 3 is 2.23 bits per heavy atom. The Bertz CT molecular complexity index is 1550. The highest BCUT2D eigenvalue weighted by Gasteiger charge is 2.24. The number of carbonyl (C=O) groups is 3. The first-order valence-electron chi connectivity index (χ1n) is 11.0. The second-order valence-electron chi connectivity index (χ2n) is 7.95. The van der Waals surface area contributed by atoms with Crippen molar-refractivity contribution in [1.29, 1.82) is 0 Å². The highest BCUT2D eigenvalue weighted by molar-refractivity contribution is 6.45. The molecule has 2 aromatic heterocycles. The number of Topliss-reactive ketones (excluding diaryl/α,β-unsaturated/α-hetero) is 1. The van der Waals surface area contributed by atoms with Crippen LogP contribution in [-0.2, 0) is 4.79 Å². The van der Waals surface area contributed by atoms with Gasteiger partial charge in [-0.25, -0.2) is 4.68 Å². The molecule has 0 unspecified atom stereocenters. The van der Waals surface area contributed by atoms with Crippen molar-refractivity contribution >= 4 is 28.5 Å². The molecule has 0 aliphatic rings. The van der Waals surface area contributed by atoms with E-state index in [1.807, 2.05) is 72.8 Å². The lowest BCUT2D eigenvalue weighted by molar-refractivity contribution is -0.117. The summed E-state index contributed by atoms with van der Waals surface area (Å²) in [6.45, 7) is 1.73. The van der Waals surface area contributed by atoms with E-state index >= 15 is 0 Å². The second kappa shape index (κ2) is 9.11. The number of ketones is 1. The molecular weight excluding hydrogens is 442 g/mol. The van der Waals surface area contributed by atoms with Crippen LogP contribution in [0.1, 0.15) is 26.4 Å². The van der Waals surface area contributed by atoms with Gasteiger partial charge in [0.25, 0.3) is 11.7 Å². The number of aromatic nitrogens is 3. The summed E-state index contributed by atoms with van der Waals surface area (Å²) >= 11 is 0. The zero-order valence-electron chi connectivity index (χ0n) is 18.8. The van der Waals surface area contributed by atoms with E-state index < -0.39 is 17.6 Å². The van der Waals surface area contributed by atoms with Crippen molar-refractivity contribution in [3.63, 3.8) is 0 Å². The number of benzene rings is 3. The van der Waals surface area contributed by atoms with Crippen LogP contribution in [0, 0.1) is 6.92 Å². The van der Waals surface area contributed by atoms with E-state index in [4.69, 9.17) is 0 Å². The molecule has 2 heterocycles. The van der Waals surface area contributed by atoms with Gasteiger partial charge in [0.2, 0.25) is 0 Å². The fourth-order valence-corrected chi connectivity index (χ4v) is 3.98. The number of aromatic amines is 1. The monoisotopic (exact) mass is 463 g/mol. The molecule has 35 heavy (non-hydrogen) atoms. The third kappa shape index (κ3) is 4.20. The van der Waals surface area contributed by atoms with Crippen molar-refractivity contribution in [2.24, 2.45) is 0 Å².